The first kappa shape index (κ1) is 16.8. The molecule has 2 aromatic heterocycles. The van der Waals surface area contributed by atoms with Crippen molar-refractivity contribution in [2.24, 2.45) is 0 Å². The number of nitrogens with one attached hydrogen (secondary N) is 2. The number of anilines is 1. The van der Waals surface area contributed by atoms with Gasteiger partial charge in [-0.15, -0.1) is 11.3 Å². The molecule has 0 fully saturated rings. The van der Waals surface area contributed by atoms with Gasteiger partial charge in [-0.3, -0.25) is 4.79 Å². The van der Waals surface area contributed by atoms with Crippen molar-refractivity contribution in [2.75, 3.05) is 5.32 Å². The number of hydrogen-bond donors (Lipinski definition) is 2. The number of nitrogens with zero attached hydrogens (tertiary/aromatic N) is 1. The van der Waals surface area contributed by atoms with E-state index in [1.807, 2.05) is 24.3 Å². The minimum absolute atomic E-state index is 0.315. The lowest BCUT2D eigenvalue weighted by atomic mass is 10.3. The van der Waals surface area contributed by atoms with Gasteiger partial charge in [0.05, 0.1) is 15.1 Å². The molecule has 0 saturated carbocycles. The molecular formula is C14H10Cl3N3OS2. The summed E-state index contributed by atoms with van der Waals surface area (Å²) in [5.74, 6) is -0.315. The Hall–Kier alpha value is -1.05. The highest BCUT2D eigenvalue weighted by atomic mass is 35.6. The van der Waals surface area contributed by atoms with Crippen molar-refractivity contribution >= 4 is 78.7 Å². The van der Waals surface area contributed by atoms with Crippen LogP contribution in [-0.2, 0) is 0 Å². The number of amides is 1. The van der Waals surface area contributed by atoms with E-state index in [1.165, 1.54) is 22.7 Å². The highest BCUT2D eigenvalue weighted by molar-refractivity contribution is 7.22. The summed E-state index contributed by atoms with van der Waals surface area (Å²) in [6.45, 7) is 0. The molecule has 0 aliphatic heterocycles. The van der Waals surface area contributed by atoms with Crippen molar-refractivity contribution in [3.05, 3.63) is 46.7 Å². The fraction of sp³-hybridized carbons (Fsp3) is 0.143. The number of carbonyl (C=O) groups is 1. The topological polar surface area (TPSA) is 54.0 Å². The predicted octanol–water partition coefficient (Wildman–Crippen LogP) is 4.90. The van der Waals surface area contributed by atoms with Gasteiger partial charge in [0.15, 0.2) is 5.13 Å². The predicted molar refractivity (Wildman–Crippen MR) is 99.1 cm³/mol. The number of thiazole rings is 1. The summed E-state index contributed by atoms with van der Waals surface area (Å²) < 4.78 is -0.729. The molecule has 0 radical (unpaired) electrons. The van der Waals surface area contributed by atoms with E-state index in [2.05, 4.69) is 15.6 Å². The van der Waals surface area contributed by atoms with Crippen LogP contribution in [0.25, 0.3) is 10.2 Å². The van der Waals surface area contributed by atoms with E-state index in [9.17, 15) is 4.79 Å². The number of benzene rings is 1. The minimum atomic E-state index is -1.73. The van der Waals surface area contributed by atoms with Gasteiger partial charge in [-0.25, -0.2) is 4.98 Å². The van der Waals surface area contributed by atoms with Gasteiger partial charge in [-0.05, 0) is 23.6 Å². The van der Waals surface area contributed by atoms with Crippen LogP contribution in [0.15, 0.2) is 41.8 Å². The molecule has 0 aliphatic carbocycles. The lowest BCUT2D eigenvalue weighted by Gasteiger charge is -2.25. The monoisotopic (exact) mass is 405 g/mol. The second kappa shape index (κ2) is 6.83. The Balaban J connectivity index is 1.80. The summed E-state index contributed by atoms with van der Waals surface area (Å²) in [6.07, 6.45) is -0.914. The van der Waals surface area contributed by atoms with Crippen LogP contribution in [0, 0.1) is 0 Å². The molecule has 2 N–H and O–H groups in total. The number of rotatable bonds is 4. The van der Waals surface area contributed by atoms with Gasteiger partial charge < -0.3 is 10.6 Å². The summed E-state index contributed by atoms with van der Waals surface area (Å²) in [5, 5.41) is 8.04. The molecule has 0 aliphatic rings. The Morgan fingerprint density at radius 1 is 1.17 bits per heavy atom. The number of thiophene rings is 1. The van der Waals surface area contributed by atoms with Crippen molar-refractivity contribution in [1.82, 2.24) is 10.3 Å². The van der Waals surface area contributed by atoms with E-state index < -0.39 is 9.96 Å². The van der Waals surface area contributed by atoms with Crippen molar-refractivity contribution in [1.29, 1.82) is 0 Å². The van der Waals surface area contributed by atoms with E-state index in [0.29, 0.717) is 10.0 Å². The fourth-order valence-corrected chi connectivity index (χ4v) is 3.72. The first-order valence-corrected chi connectivity index (χ1v) is 9.30. The van der Waals surface area contributed by atoms with E-state index in [-0.39, 0.29) is 5.91 Å². The molecule has 2 heterocycles. The zero-order valence-electron chi connectivity index (χ0n) is 11.4. The van der Waals surface area contributed by atoms with Gasteiger partial charge in [0.2, 0.25) is 3.79 Å². The molecule has 23 heavy (non-hydrogen) atoms. The van der Waals surface area contributed by atoms with Crippen molar-refractivity contribution in [3.8, 4) is 0 Å². The van der Waals surface area contributed by atoms with Gasteiger partial charge in [0.1, 0.15) is 6.17 Å². The van der Waals surface area contributed by atoms with Crippen molar-refractivity contribution < 1.29 is 4.79 Å². The summed E-state index contributed by atoms with van der Waals surface area (Å²) in [6, 6.07) is 11.2. The Labute approximate surface area is 155 Å². The smallest absolute Gasteiger partial charge is 0.263 e. The fourth-order valence-electron chi connectivity index (χ4n) is 1.87. The van der Waals surface area contributed by atoms with Crippen LogP contribution in [0.1, 0.15) is 9.67 Å². The van der Waals surface area contributed by atoms with Crippen LogP contribution < -0.4 is 10.6 Å². The van der Waals surface area contributed by atoms with E-state index in [1.54, 1.807) is 17.5 Å². The van der Waals surface area contributed by atoms with E-state index >= 15 is 0 Å². The van der Waals surface area contributed by atoms with Crippen molar-refractivity contribution in [3.63, 3.8) is 0 Å². The molecule has 1 aromatic carbocycles. The molecule has 4 nitrogen and oxygen atoms in total. The standard InChI is InChI=1S/C14H10Cl3N3OS2/c15-14(16,17)12(19-11(21)10-6-3-7-22-10)20-13-18-8-4-1-2-5-9(8)23-13/h1-7,12H,(H,18,20)(H,19,21)/t12-/m1/s1. The van der Waals surface area contributed by atoms with Gasteiger partial charge in [0, 0.05) is 0 Å². The maximum absolute atomic E-state index is 12.2. The highest BCUT2D eigenvalue weighted by Gasteiger charge is 2.35. The molecule has 0 saturated heterocycles. The number of halogens is 3. The lowest BCUT2D eigenvalue weighted by molar-refractivity contribution is 0.0946. The Bertz CT molecular complexity index is 781. The third-order valence-electron chi connectivity index (χ3n) is 2.91. The molecule has 9 heteroatoms. The number of alkyl halides is 3. The van der Waals surface area contributed by atoms with E-state index in [4.69, 9.17) is 34.8 Å². The molecule has 120 valence electrons. The van der Waals surface area contributed by atoms with Crippen LogP contribution in [0.3, 0.4) is 0 Å². The Morgan fingerprint density at radius 3 is 2.61 bits per heavy atom. The third kappa shape index (κ3) is 4.08. The average molecular weight is 407 g/mol. The largest absolute Gasteiger partial charge is 0.338 e. The first-order valence-electron chi connectivity index (χ1n) is 6.47. The molecule has 1 atom stereocenters. The number of carbonyl (C=O) groups excluding carboxylic acids is 1. The van der Waals surface area contributed by atoms with Crippen molar-refractivity contribution in [2.45, 2.75) is 9.96 Å². The lowest BCUT2D eigenvalue weighted by Crippen LogP contribution is -2.48. The number of para-hydroxylation sites is 1. The summed E-state index contributed by atoms with van der Waals surface area (Å²) in [7, 11) is 0. The minimum Gasteiger partial charge on any atom is -0.338 e. The Morgan fingerprint density at radius 2 is 1.96 bits per heavy atom. The number of aromatic nitrogens is 1. The molecule has 3 aromatic rings. The normalized spacial score (nSPS) is 13.0. The molecular weight excluding hydrogens is 397 g/mol. The van der Waals surface area contributed by atoms with Crippen LogP contribution in [0.4, 0.5) is 5.13 Å². The van der Waals surface area contributed by atoms with Gasteiger partial charge in [-0.1, -0.05) is 64.3 Å². The summed E-state index contributed by atoms with van der Waals surface area (Å²) >= 11 is 20.7. The SMILES string of the molecule is O=C(N[C@H](Nc1nc2ccccc2s1)C(Cl)(Cl)Cl)c1cccs1. The van der Waals surface area contributed by atoms with Crippen LogP contribution in [-0.4, -0.2) is 20.8 Å². The van der Waals surface area contributed by atoms with Gasteiger partial charge >= 0.3 is 0 Å². The van der Waals surface area contributed by atoms with Gasteiger partial charge in [-0.2, -0.15) is 0 Å². The zero-order chi connectivity index (χ0) is 16.4. The first-order chi connectivity index (χ1) is 10.9. The van der Waals surface area contributed by atoms with Crippen LogP contribution >= 0.6 is 57.5 Å². The molecule has 0 spiro atoms. The molecule has 0 unspecified atom stereocenters. The Kier molecular flexibility index (Phi) is 4.98. The van der Waals surface area contributed by atoms with E-state index in [0.717, 1.165) is 10.2 Å². The third-order valence-corrected chi connectivity index (χ3v) is 5.40. The second-order valence-electron chi connectivity index (χ2n) is 4.56. The quantitative estimate of drug-likeness (QED) is 0.479. The molecule has 1 amide bonds. The van der Waals surface area contributed by atoms with Crippen LogP contribution in [0.2, 0.25) is 0 Å². The van der Waals surface area contributed by atoms with Crippen LogP contribution in [0.5, 0.6) is 0 Å². The number of fused-ring (bicyclic) bond motifs is 1. The maximum Gasteiger partial charge on any atom is 0.263 e. The highest BCUT2D eigenvalue weighted by Crippen LogP contribution is 2.33. The molecule has 3 rings (SSSR count). The van der Waals surface area contributed by atoms with Gasteiger partial charge in [0.25, 0.3) is 5.91 Å². The molecule has 0 bridgehead atoms. The maximum atomic E-state index is 12.2. The summed E-state index contributed by atoms with van der Waals surface area (Å²) in [5.41, 5.74) is 0.840. The number of hydrogen-bond acceptors (Lipinski definition) is 5. The zero-order valence-corrected chi connectivity index (χ0v) is 15.3. The summed E-state index contributed by atoms with van der Waals surface area (Å²) in [4.78, 5) is 17.1. The average Bonchev–Trinajstić information content (AvgIpc) is 3.14. The second-order valence-corrected chi connectivity index (χ2v) is 8.90.